The first-order valence-corrected chi connectivity index (χ1v) is 6.41. The van der Waals surface area contributed by atoms with Crippen LogP contribution in [0.15, 0.2) is 17.5 Å². The normalized spacial score (nSPS) is 17.7. The van der Waals surface area contributed by atoms with Gasteiger partial charge in [-0.15, -0.1) is 11.3 Å². The standard InChI is InChI=1S/C12H16N2S/c1-2-10(8-13)14(11-5-6-11)9-12-4-3-7-15-12/h3-4,7,10-11H,2,5-6,9H2,1H3. The van der Waals surface area contributed by atoms with Crippen molar-refractivity contribution in [3.8, 4) is 6.07 Å². The van der Waals surface area contributed by atoms with E-state index in [9.17, 15) is 0 Å². The van der Waals surface area contributed by atoms with Gasteiger partial charge in [-0.05, 0) is 30.7 Å². The Labute approximate surface area is 95.1 Å². The minimum atomic E-state index is 0.0969. The molecular weight excluding hydrogens is 204 g/mol. The number of rotatable bonds is 5. The average molecular weight is 220 g/mol. The van der Waals surface area contributed by atoms with Crippen LogP contribution in [0.4, 0.5) is 0 Å². The van der Waals surface area contributed by atoms with Crippen LogP contribution in [0.25, 0.3) is 0 Å². The first-order chi connectivity index (χ1) is 7.35. The maximum atomic E-state index is 9.11. The zero-order valence-electron chi connectivity index (χ0n) is 9.02. The Balaban J connectivity index is 2.03. The quantitative estimate of drug-likeness (QED) is 0.762. The summed E-state index contributed by atoms with van der Waals surface area (Å²) in [5.41, 5.74) is 0. The summed E-state index contributed by atoms with van der Waals surface area (Å²) in [4.78, 5) is 3.74. The molecule has 3 heteroatoms. The fraction of sp³-hybridized carbons (Fsp3) is 0.583. The van der Waals surface area contributed by atoms with Crippen molar-refractivity contribution in [2.45, 2.75) is 44.8 Å². The minimum absolute atomic E-state index is 0.0969. The van der Waals surface area contributed by atoms with Gasteiger partial charge in [-0.25, -0.2) is 0 Å². The molecule has 1 saturated carbocycles. The lowest BCUT2D eigenvalue weighted by Crippen LogP contribution is -2.34. The van der Waals surface area contributed by atoms with Crippen molar-refractivity contribution in [3.05, 3.63) is 22.4 Å². The van der Waals surface area contributed by atoms with Crippen molar-refractivity contribution >= 4 is 11.3 Å². The average Bonchev–Trinajstić information content (AvgIpc) is 2.97. The van der Waals surface area contributed by atoms with E-state index in [0.29, 0.717) is 6.04 Å². The molecule has 0 amide bonds. The molecule has 1 aliphatic carbocycles. The van der Waals surface area contributed by atoms with E-state index in [1.165, 1.54) is 17.7 Å². The molecule has 1 unspecified atom stereocenters. The highest BCUT2D eigenvalue weighted by atomic mass is 32.1. The van der Waals surface area contributed by atoms with Gasteiger partial charge in [0, 0.05) is 17.5 Å². The second kappa shape index (κ2) is 4.78. The van der Waals surface area contributed by atoms with E-state index < -0.39 is 0 Å². The molecule has 15 heavy (non-hydrogen) atoms. The second-order valence-corrected chi connectivity index (χ2v) is 5.07. The van der Waals surface area contributed by atoms with E-state index in [-0.39, 0.29) is 6.04 Å². The predicted octanol–water partition coefficient (Wildman–Crippen LogP) is 3.01. The molecule has 2 rings (SSSR count). The number of nitrogens with zero attached hydrogens (tertiary/aromatic N) is 2. The van der Waals surface area contributed by atoms with E-state index in [1.54, 1.807) is 11.3 Å². The third-order valence-corrected chi connectivity index (χ3v) is 3.73. The summed E-state index contributed by atoms with van der Waals surface area (Å²) in [6.07, 6.45) is 3.46. The molecule has 1 aliphatic rings. The lowest BCUT2D eigenvalue weighted by Gasteiger charge is -2.25. The van der Waals surface area contributed by atoms with E-state index >= 15 is 0 Å². The molecule has 1 aromatic heterocycles. The van der Waals surface area contributed by atoms with Crippen LogP contribution in [-0.2, 0) is 6.54 Å². The fourth-order valence-electron chi connectivity index (χ4n) is 1.88. The third kappa shape index (κ3) is 2.58. The summed E-state index contributed by atoms with van der Waals surface area (Å²) in [6.45, 7) is 3.05. The number of hydrogen-bond donors (Lipinski definition) is 0. The Hall–Kier alpha value is -0.850. The van der Waals surface area contributed by atoms with Gasteiger partial charge in [-0.1, -0.05) is 13.0 Å². The lowest BCUT2D eigenvalue weighted by atomic mass is 10.2. The Kier molecular flexibility index (Phi) is 3.40. The van der Waals surface area contributed by atoms with E-state index in [0.717, 1.165) is 13.0 Å². The van der Waals surface area contributed by atoms with E-state index in [2.05, 4.69) is 35.4 Å². The van der Waals surface area contributed by atoms with Gasteiger partial charge in [0.05, 0.1) is 12.1 Å². The summed E-state index contributed by atoms with van der Waals surface area (Å²) in [7, 11) is 0. The highest BCUT2D eigenvalue weighted by Crippen LogP contribution is 2.31. The van der Waals surface area contributed by atoms with Gasteiger partial charge < -0.3 is 0 Å². The molecule has 80 valence electrons. The zero-order chi connectivity index (χ0) is 10.7. The molecule has 1 aromatic rings. The smallest absolute Gasteiger partial charge is 0.0980 e. The fourth-order valence-corrected chi connectivity index (χ4v) is 2.60. The zero-order valence-corrected chi connectivity index (χ0v) is 9.83. The summed E-state index contributed by atoms with van der Waals surface area (Å²) in [5.74, 6) is 0. The van der Waals surface area contributed by atoms with Gasteiger partial charge in [0.1, 0.15) is 0 Å². The molecule has 0 radical (unpaired) electrons. The van der Waals surface area contributed by atoms with Gasteiger partial charge in [0.2, 0.25) is 0 Å². The lowest BCUT2D eigenvalue weighted by molar-refractivity contribution is 0.211. The van der Waals surface area contributed by atoms with Crippen LogP contribution < -0.4 is 0 Å². The van der Waals surface area contributed by atoms with Crippen LogP contribution in [-0.4, -0.2) is 17.0 Å². The minimum Gasteiger partial charge on any atom is -0.280 e. The van der Waals surface area contributed by atoms with Crippen molar-refractivity contribution in [1.82, 2.24) is 4.90 Å². The molecule has 1 atom stereocenters. The Morgan fingerprint density at radius 2 is 2.47 bits per heavy atom. The predicted molar refractivity (Wildman–Crippen MR) is 62.6 cm³/mol. The molecule has 0 spiro atoms. The molecule has 0 aliphatic heterocycles. The van der Waals surface area contributed by atoms with E-state index in [1.807, 2.05) is 0 Å². The van der Waals surface area contributed by atoms with Gasteiger partial charge >= 0.3 is 0 Å². The van der Waals surface area contributed by atoms with Crippen molar-refractivity contribution < 1.29 is 0 Å². The van der Waals surface area contributed by atoms with Crippen LogP contribution in [0, 0.1) is 11.3 Å². The molecule has 0 bridgehead atoms. The maximum Gasteiger partial charge on any atom is 0.0980 e. The second-order valence-electron chi connectivity index (χ2n) is 4.04. The molecule has 0 aromatic carbocycles. The van der Waals surface area contributed by atoms with Crippen LogP contribution in [0.2, 0.25) is 0 Å². The van der Waals surface area contributed by atoms with Crippen molar-refractivity contribution in [3.63, 3.8) is 0 Å². The van der Waals surface area contributed by atoms with E-state index in [4.69, 9.17) is 5.26 Å². The van der Waals surface area contributed by atoms with Crippen molar-refractivity contribution in [2.75, 3.05) is 0 Å². The Morgan fingerprint density at radius 1 is 1.67 bits per heavy atom. The molecule has 1 heterocycles. The van der Waals surface area contributed by atoms with Gasteiger partial charge in [0.15, 0.2) is 0 Å². The number of hydrogen-bond acceptors (Lipinski definition) is 3. The Bertz CT molecular complexity index is 335. The molecule has 1 fully saturated rings. The first kappa shape index (κ1) is 10.7. The SMILES string of the molecule is CCC(C#N)N(Cc1cccs1)C1CC1. The molecule has 0 saturated heterocycles. The summed E-state index contributed by atoms with van der Waals surface area (Å²) >= 11 is 1.78. The molecular formula is C12H16N2S. The third-order valence-electron chi connectivity index (χ3n) is 2.87. The highest BCUT2D eigenvalue weighted by Gasteiger charge is 2.33. The Morgan fingerprint density at radius 3 is 2.93 bits per heavy atom. The summed E-state index contributed by atoms with van der Waals surface area (Å²) in [5, 5.41) is 11.2. The van der Waals surface area contributed by atoms with Crippen LogP contribution in [0.3, 0.4) is 0 Å². The van der Waals surface area contributed by atoms with Crippen LogP contribution in [0.5, 0.6) is 0 Å². The monoisotopic (exact) mass is 220 g/mol. The van der Waals surface area contributed by atoms with Crippen molar-refractivity contribution in [2.24, 2.45) is 0 Å². The van der Waals surface area contributed by atoms with Gasteiger partial charge in [-0.3, -0.25) is 4.90 Å². The van der Waals surface area contributed by atoms with Crippen molar-refractivity contribution in [1.29, 1.82) is 5.26 Å². The highest BCUT2D eigenvalue weighted by molar-refractivity contribution is 7.09. The molecule has 2 nitrogen and oxygen atoms in total. The van der Waals surface area contributed by atoms with Gasteiger partial charge in [0.25, 0.3) is 0 Å². The topological polar surface area (TPSA) is 27.0 Å². The maximum absolute atomic E-state index is 9.11. The molecule has 0 N–H and O–H groups in total. The van der Waals surface area contributed by atoms with Crippen LogP contribution in [0.1, 0.15) is 31.1 Å². The number of thiophene rings is 1. The largest absolute Gasteiger partial charge is 0.280 e. The summed E-state index contributed by atoms with van der Waals surface area (Å²) < 4.78 is 0. The van der Waals surface area contributed by atoms with Gasteiger partial charge in [-0.2, -0.15) is 5.26 Å². The number of nitriles is 1. The first-order valence-electron chi connectivity index (χ1n) is 5.53. The summed E-state index contributed by atoms with van der Waals surface area (Å²) in [6, 6.07) is 7.42. The van der Waals surface area contributed by atoms with Crippen LogP contribution >= 0.6 is 11.3 Å².